The van der Waals surface area contributed by atoms with Crippen molar-refractivity contribution in [1.29, 1.82) is 0 Å². The van der Waals surface area contributed by atoms with E-state index in [1.54, 1.807) is 0 Å². The Labute approximate surface area is 193 Å². The summed E-state index contributed by atoms with van der Waals surface area (Å²) in [5.41, 5.74) is 6.78. The van der Waals surface area contributed by atoms with Gasteiger partial charge >= 0.3 is 0 Å². The van der Waals surface area contributed by atoms with Crippen molar-refractivity contribution in [2.45, 2.75) is 13.8 Å². The minimum Gasteiger partial charge on any atom is -0.456 e. The second-order valence-electron chi connectivity index (χ2n) is 8.59. The summed E-state index contributed by atoms with van der Waals surface area (Å²) in [5, 5.41) is 7.48. The first kappa shape index (κ1) is 19.6. The van der Waals surface area contributed by atoms with Gasteiger partial charge < -0.3 is 4.42 Å². The highest BCUT2D eigenvalue weighted by Gasteiger charge is 2.11. The van der Waals surface area contributed by atoms with Gasteiger partial charge in [-0.3, -0.25) is 0 Å². The Morgan fingerprint density at radius 2 is 1.45 bits per heavy atom. The van der Waals surface area contributed by atoms with Crippen LogP contribution in [0.2, 0.25) is 0 Å². The fraction of sp³-hybridized carbons (Fsp3) is 0.0625. The highest BCUT2D eigenvalue weighted by Crippen LogP contribution is 2.36. The van der Waals surface area contributed by atoms with Crippen LogP contribution in [0.4, 0.5) is 0 Å². The first-order valence-corrected chi connectivity index (χ1v) is 11.4. The standard InChI is InChI=1S/C32H24O/c1-3-4-5-10-24-19-25-18-22(14-16-27(25)28-12-7-6-11-26(24)28)23-15-17-30-29(20-23)32-21(2)9-8-13-31(32)33-30/h3-20H,1-2H3/b4-3-,10-5-. The number of hydrogen-bond donors (Lipinski definition) is 0. The molecule has 6 aromatic rings. The van der Waals surface area contributed by atoms with Gasteiger partial charge in [0.25, 0.3) is 0 Å². The maximum Gasteiger partial charge on any atom is 0.135 e. The molecule has 0 fully saturated rings. The Bertz CT molecular complexity index is 1730. The second kappa shape index (κ2) is 7.79. The van der Waals surface area contributed by atoms with Gasteiger partial charge in [0, 0.05) is 10.8 Å². The van der Waals surface area contributed by atoms with Crippen LogP contribution in [0.5, 0.6) is 0 Å². The van der Waals surface area contributed by atoms with Crippen molar-refractivity contribution in [3.8, 4) is 11.1 Å². The third-order valence-corrected chi connectivity index (χ3v) is 6.51. The van der Waals surface area contributed by atoms with Crippen molar-refractivity contribution in [3.05, 3.63) is 114 Å². The molecule has 0 N–H and O–H groups in total. The van der Waals surface area contributed by atoms with E-state index in [2.05, 4.69) is 110 Å². The van der Waals surface area contributed by atoms with E-state index in [0.717, 1.165) is 11.2 Å². The Balaban J connectivity index is 1.56. The summed E-state index contributed by atoms with van der Waals surface area (Å²) in [7, 11) is 0. The van der Waals surface area contributed by atoms with E-state index in [1.807, 2.05) is 13.0 Å². The molecule has 0 spiro atoms. The fourth-order valence-corrected chi connectivity index (χ4v) is 4.91. The molecule has 5 aromatic carbocycles. The number of rotatable bonds is 3. The van der Waals surface area contributed by atoms with Crippen molar-refractivity contribution in [2.24, 2.45) is 0 Å². The van der Waals surface area contributed by atoms with E-state index in [9.17, 15) is 0 Å². The minimum atomic E-state index is 0.936. The lowest BCUT2D eigenvalue weighted by molar-refractivity contribution is 0.669. The van der Waals surface area contributed by atoms with Gasteiger partial charge in [-0.1, -0.05) is 78.9 Å². The zero-order valence-electron chi connectivity index (χ0n) is 18.8. The van der Waals surface area contributed by atoms with Gasteiger partial charge in [0.05, 0.1) is 0 Å². The van der Waals surface area contributed by atoms with Gasteiger partial charge in [-0.15, -0.1) is 0 Å². The van der Waals surface area contributed by atoms with Crippen molar-refractivity contribution in [1.82, 2.24) is 0 Å². The predicted molar refractivity (Wildman–Crippen MR) is 143 cm³/mol. The van der Waals surface area contributed by atoms with E-state index in [-0.39, 0.29) is 0 Å². The maximum absolute atomic E-state index is 6.09. The topological polar surface area (TPSA) is 13.1 Å². The molecule has 0 unspecified atom stereocenters. The first-order valence-electron chi connectivity index (χ1n) is 11.4. The molecule has 6 rings (SSSR count). The zero-order chi connectivity index (χ0) is 22.4. The molecule has 0 bridgehead atoms. The number of benzene rings is 5. The molecule has 0 radical (unpaired) electrons. The summed E-state index contributed by atoms with van der Waals surface area (Å²) in [6, 6.07) is 30.5. The van der Waals surface area contributed by atoms with Gasteiger partial charge in [-0.25, -0.2) is 0 Å². The molecule has 0 atom stereocenters. The Morgan fingerprint density at radius 1 is 0.636 bits per heavy atom. The van der Waals surface area contributed by atoms with Gasteiger partial charge in [-0.05, 0) is 88.0 Å². The SMILES string of the molecule is C/C=C\C=C/c1cc2cc(-c3ccc4oc5cccc(C)c5c4c3)ccc2c2ccccc12. The molecule has 1 heteroatoms. The third kappa shape index (κ3) is 3.25. The molecular formula is C32H24O. The quantitative estimate of drug-likeness (QED) is 0.204. The van der Waals surface area contributed by atoms with Crippen LogP contribution in [0, 0.1) is 6.92 Å². The summed E-state index contributed by atoms with van der Waals surface area (Å²) in [6.07, 6.45) is 8.43. The van der Waals surface area contributed by atoms with Crippen LogP contribution in [0.1, 0.15) is 18.1 Å². The predicted octanol–water partition coefficient (Wildman–Crippen LogP) is 9.46. The lowest BCUT2D eigenvalue weighted by Crippen LogP contribution is -1.85. The van der Waals surface area contributed by atoms with Gasteiger partial charge in [0.2, 0.25) is 0 Å². The molecule has 158 valence electrons. The lowest BCUT2D eigenvalue weighted by Gasteiger charge is -2.10. The Morgan fingerprint density at radius 3 is 2.33 bits per heavy atom. The Kier molecular flexibility index (Phi) is 4.62. The number of hydrogen-bond acceptors (Lipinski definition) is 1. The molecule has 0 amide bonds. The average molecular weight is 425 g/mol. The van der Waals surface area contributed by atoms with Crippen LogP contribution in [0.25, 0.3) is 60.7 Å². The van der Waals surface area contributed by atoms with E-state index >= 15 is 0 Å². The minimum absolute atomic E-state index is 0.936. The van der Waals surface area contributed by atoms with Crippen LogP contribution in [-0.2, 0) is 0 Å². The second-order valence-corrected chi connectivity index (χ2v) is 8.59. The van der Waals surface area contributed by atoms with E-state index < -0.39 is 0 Å². The van der Waals surface area contributed by atoms with Gasteiger partial charge in [-0.2, -0.15) is 0 Å². The number of furan rings is 1. The molecular weight excluding hydrogens is 400 g/mol. The summed E-state index contributed by atoms with van der Waals surface area (Å²) >= 11 is 0. The maximum atomic E-state index is 6.09. The van der Waals surface area contributed by atoms with Crippen LogP contribution < -0.4 is 0 Å². The van der Waals surface area contributed by atoms with Crippen molar-refractivity contribution in [2.75, 3.05) is 0 Å². The molecule has 1 heterocycles. The van der Waals surface area contributed by atoms with Crippen LogP contribution >= 0.6 is 0 Å². The van der Waals surface area contributed by atoms with Crippen molar-refractivity contribution in [3.63, 3.8) is 0 Å². The average Bonchev–Trinajstić information content (AvgIpc) is 3.23. The summed E-state index contributed by atoms with van der Waals surface area (Å²) in [5.74, 6) is 0. The van der Waals surface area contributed by atoms with Crippen LogP contribution in [-0.4, -0.2) is 0 Å². The van der Waals surface area contributed by atoms with Gasteiger partial charge in [0.15, 0.2) is 0 Å². The fourth-order valence-electron chi connectivity index (χ4n) is 4.91. The smallest absolute Gasteiger partial charge is 0.135 e. The molecule has 33 heavy (non-hydrogen) atoms. The van der Waals surface area contributed by atoms with E-state index in [1.165, 1.54) is 54.6 Å². The number of aryl methyl sites for hydroxylation is 1. The normalized spacial score (nSPS) is 12.3. The first-order chi connectivity index (χ1) is 16.2. The third-order valence-electron chi connectivity index (χ3n) is 6.51. The summed E-state index contributed by atoms with van der Waals surface area (Å²) < 4.78 is 6.09. The summed E-state index contributed by atoms with van der Waals surface area (Å²) in [4.78, 5) is 0. The van der Waals surface area contributed by atoms with E-state index in [0.29, 0.717) is 0 Å². The zero-order valence-corrected chi connectivity index (χ0v) is 18.8. The van der Waals surface area contributed by atoms with Crippen molar-refractivity contribution >= 4 is 49.6 Å². The Hall–Kier alpha value is -4.10. The molecule has 0 aliphatic rings. The monoisotopic (exact) mass is 424 g/mol. The van der Waals surface area contributed by atoms with Gasteiger partial charge in [0.1, 0.15) is 11.2 Å². The summed E-state index contributed by atoms with van der Waals surface area (Å²) in [6.45, 7) is 4.19. The lowest BCUT2D eigenvalue weighted by atomic mass is 9.93. The number of fused-ring (bicyclic) bond motifs is 6. The number of allylic oxidation sites excluding steroid dienone is 3. The molecule has 0 aliphatic heterocycles. The molecule has 1 aromatic heterocycles. The largest absolute Gasteiger partial charge is 0.456 e. The highest BCUT2D eigenvalue weighted by molar-refractivity contribution is 6.12. The molecule has 1 nitrogen and oxygen atoms in total. The van der Waals surface area contributed by atoms with Crippen LogP contribution in [0.3, 0.4) is 0 Å². The van der Waals surface area contributed by atoms with Crippen LogP contribution in [0.15, 0.2) is 108 Å². The molecule has 0 saturated carbocycles. The van der Waals surface area contributed by atoms with E-state index in [4.69, 9.17) is 4.42 Å². The highest BCUT2D eigenvalue weighted by atomic mass is 16.3. The molecule has 0 saturated heterocycles. The van der Waals surface area contributed by atoms with Crippen molar-refractivity contribution < 1.29 is 4.42 Å². The molecule has 0 aliphatic carbocycles.